The molecule has 1 aliphatic rings. The standard InChI is InChI=1S/C15H20ClNO2/c1-11(15(18)19-2)9-12-7-8-17(10-12)14-5-3-13(16)4-6-14/h3-6,11-12H,7-10H2,1-2H3. The molecule has 0 aliphatic carbocycles. The second-order valence-corrected chi connectivity index (χ2v) is 5.67. The smallest absolute Gasteiger partial charge is 0.308 e. The summed E-state index contributed by atoms with van der Waals surface area (Å²) in [6.45, 7) is 3.99. The van der Waals surface area contributed by atoms with E-state index in [0.717, 1.165) is 31.0 Å². The van der Waals surface area contributed by atoms with Gasteiger partial charge in [0.25, 0.3) is 0 Å². The molecule has 2 atom stereocenters. The summed E-state index contributed by atoms with van der Waals surface area (Å²) >= 11 is 5.90. The van der Waals surface area contributed by atoms with Gasteiger partial charge in [0.05, 0.1) is 13.0 Å². The van der Waals surface area contributed by atoms with Gasteiger partial charge < -0.3 is 9.64 Å². The Hall–Kier alpha value is -1.22. The Balaban J connectivity index is 1.89. The predicted octanol–water partition coefficient (Wildman–Crippen LogP) is 3.37. The van der Waals surface area contributed by atoms with Crippen LogP contribution in [0.25, 0.3) is 0 Å². The molecule has 0 bridgehead atoms. The lowest BCUT2D eigenvalue weighted by atomic mass is 9.95. The van der Waals surface area contributed by atoms with Crippen LogP contribution in [0.4, 0.5) is 5.69 Å². The van der Waals surface area contributed by atoms with Crippen molar-refractivity contribution in [3.05, 3.63) is 29.3 Å². The number of methoxy groups -OCH3 is 1. The van der Waals surface area contributed by atoms with Crippen LogP contribution in [-0.4, -0.2) is 26.2 Å². The van der Waals surface area contributed by atoms with Gasteiger partial charge in [0.1, 0.15) is 0 Å². The highest BCUT2D eigenvalue weighted by Crippen LogP contribution is 2.28. The summed E-state index contributed by atoms with van der Waals surface area (Å²) in [5, 5.41) is 0.763. The number of halogens is 1. The third-order valence-electron chi connectivity index (χ3n) is 3.77. The molecule has 0 spiro atoms. The Kier molecular flexibility index (Phi) is 4.70. The number of hydrogen-bond acceptors (Lipinski definition) is 3. The molecular weight excluding hydrogens is 262 g/mol. The van der Waals surface area contributed by atoms with E-state index in [4.69, 9.17) is 16.3 Å². The zero-order chi connectivity index (χ0) is 13.8. The number of nitrogens with zero attached hydrogens (tertiary/aromatic N) is 1. The van der Waals surface area contributed by atoms with E-state index in [-0.39, 0.29) is 11.9 Å². The summed E-state index contributed by atoms with van der Waals surface area (Å²) in [6.07, 6.45) is 2.03. The molecule has 2 unspecified atom stereocenters. The minimum Gasteiger partial charge on any atom is -0.469 e. The fraction of sp³-hybridized carbons (Fsp3) is 0.533. The minimum absolute atomic E-state index is 0.0137. The average molecular weight is 282 g/mol. The molecule has 1 aromatic rings. The Labute approximate surface area is 119 Å². The van der Waals surface area contributed by atoms with Gasteiger partial charge in [-0.2, -0.15) is 0 Å². The molecule has 1 heterocycles. The lowest BCUT2D eigenvalue weighted by molar-refractivity contribution is -0.145. The van der Waals surface area contributed by atoms with Crippen molar-refractivity contribution in [3.8, 4) is 0 Å². The first-order valence-electron chi connectivity index (χ1n) is 6.68. The number of rotatable bonds is 4. The first-order valence-corrected chi connectivity index (χ1v) is 7.06. The Morgan fingerprint density at radius 3 is 2.79 bits per heavy atom. The van der Waals surface area contributed by atoms with Crippen LogP contribution in [0.1, 0.15) is 19.8 Å². The van der Waals surface area contributed by atoms with Crippen molar-refractivity contribution < 1.29 is 9.53 Å². The minimum atomic E-state index is -0.107. The van der Waals surface area contributed by atoms with E-state index in [0.29, 0.717) is 5.92 Å². The molecule has 1 fully saturated rings. The van der Waals surface area contributed by atoms with Gasteiger partial charge in [0.15, 0.2) is 0 Å². The predicted molar refractivity (Wildman–Crippen MR) is 77.6 cm³/mol. The number of hydrogen-bond donors (Lipinski definition) is 0. The van der Waals surface area contributed by atoms with Gasteiger partial charge in [0, 0.05) is 23.8 Å². The number of esters is 1. The number of benzene rings is 1. The van der Waals surface area contributed by atoms with Crippen LogP contribution < -0.4 is 4.90 Å². The van der Waals surface area contributed by atoms with Gasteiger partial charge in [-0.1, -0.05) is 18.5 Å². The van der Waals surface area contributed by atoms with Crippen molar-refractivity contribution in [1.82, 2.24) is 0 Å². The van der Waals surface area contributed by atoms with Crippen molar-refractivity contribution >= 4 is 23.3 Å². The van der Waals surface area contributed by atoms with Crippen LogP contribution in [0.2, 0.25) is 5.02 Å². The highest BCUT2D eigenvalue weighted by atomic mass is 35.5. The molecular formula is C15H20ClNO2. The molecule has 1 aromatic carbocycles. The SMILES string of the molecule is COC(=O)C(C)CC1CCN(c2ccc(Cl)cc2)C1. The summed E-state index contributed by atoms with van der Waals surface area (Å²) in [5.74, 6) is 0.440. The van der Waals surface area contributed by atoms with Gasteiger partial charge in [-0.05, 0) is 43.0 Å². The van der Waals surface area contributed by atoms with E-state index in [1.54, 1.807) is 0 Å². The second-order valence-electron chi connectivity index (χ2n) is 5.24. The van der Waals surface area contributed by atoms with Crippen LogP contribution in [0.5, 0.6) is 0 Å². The van der Waals surface area contributed by atoms with Gasteiger partial charge >= 0.3 is 5.97 Å². The summed E-state index contributed by atoms with van der Waals surface area (Å²) in [5.41, 5.74) is 1.21. The van der Waals surface area contributed by atoms with Crippen molar-refractivity contribution in [2.75, 3.05) is 25.1 Å². The topological polar surface area (TPSA) is 29.5 Å². The van der Waals surface area contributed by atoms with Gasteiger partial charge in [-0.15, -0.1) is 0 Å². The quantitative estimate of drug-likeness (QED) is 0.793. The van der Waals surface area contributed by atoms with Crippen LogP contribution in [0, 0.1) is 11.8 Å². The van der Waals surface area contributed by atoms with E-state index in [1.807, 2.05) is 19.1 Å². The summed E-state index contributed by atoms with van der Waals surface area (Å²) in [6, 6.07) is 7.94. The molecule has 0 saturated carbocycles. The second kappa shape index (κ2) is 6.29. The molecule has 1 aliphatic heterocycles. The average Bonchev–Trinajstić information content (AvgIpc) is 2.87. The van der Waals surface area contributed by atoms with Crippen LogP contribution in [0.3, 0.4) is 0 Å². The maximum Gasteiger partial charge on any atom is 0.308 e. The zero-order valence-corrected chi connectivity index (χ0v) is 12.2. The van der Waals surface area contributed by atoms with E-state index in [2.05, 4.69) is 17.0 Å². The number of ether oxygens (including phenoxy) is 1. The number of carbonyl (C=O) groups is 1. The molecule has 0 aromatic heterocycles. The van der Waals surface area contributed by atoms with E-state index in [9.17, 15) is 4.79 Å². The lowest BCUT2D eigenvalue weighted by Gasteiger charge is -2.19. The van der Waals surface area contributed by atoms with Crippen LogP contribution >= 0.6 is 11.6 Å². The maximum atomic E-state index is 11.4. The molecule has 0 radical (unpaired) electrons. The third-order valence-corrected chi connectivity index (χ3v) is 4.02. The summed E-state index contributed by atoms with van der Waals surface area (Å²) < 4.78 is 4.78. The Bertz CT molecular complexity index is 432. The van der Waals surface area contributed by atoms with E-state index in [1.165, 1.54) is 12.8 Å². The van der Waals surface area contributed by atoms with Crippen LogP contribution in [0.15, 0.2) is 24.3 Å². The van der Waals surface area contributed by atoms with Crippen molar-refractivity contribution in [2.45, 2.75) is 19.8 Å². The maximum absolute atomic E-state index is 11.4. The molecule has 2 rings (SSSR count). The van der Waals surface area contributed by atoms with E-state index < -0.39 is 0 Å². The fourth-order valence-corrected chi connectivity index (χ4v) is 2.83. The van der Waals surface area contributed by atoms with Gasteiger partial charge in [-0.3, -0.25) is 4.79 Å². The van der Waals surface area contributed by atoms with Crippen molar-refractivity contribution in [3.63, 3.8) is 0 Å². The summed E-state index contributed by atoms with van der Waals surface area (Å²) in [7, 11) is 1.45. The summed E-state index contributed by atoms with van der Waals surface area (Å²) in [4.78, 5) is 13.8. The molecule has 3 nitrogen and oxygen atoms in total. The van der Waals surface area contributed by atoms with Crippen molar-refractivity contribution in [1.29, 1.82) is 0 Å². The Morgan fingerprint density at radius 1 is 1.47 bits per heavy atom. The highest BCUT2D eigenvalue weighted by Gasteiger charge is 2.26. The monoisotopic (exact) mass is 281 g/mol. The fourth-order valence-electron chi connectivity index (χ4n) is 2.71. The zero-order valence-electron chi connectivity index (χ0n) is 11.4. The molecule has 4 heteroatoms. The number of carbonyl (C=O) groups excluding carboxylic acids is 1. The first-order chi connectivity index (χ1) is 9.10. The first kappa shape index (κ1) is 14.2. The normalized spacial score (nSPS) is 20.4. The van der Waals surface area contributed by atoms with Crippen molar-refractivity contribution in [2.24, 2.45) is 11.8 Å². The van der Waals surface area contributed by atoms with Gasteiger partial charge in [0.2, 0.25) is 0 Å². The molecule has 104 valence electrons. The lowest BCUT2D eigenvalue weighted by Crippen LogP contribution is -2.22. The molecule has 1 saturated heterocycles. The molecule has 19 heavy (non-hydrogen) atoms. The molecule has 0 amide bonds. The third kappa shape index (κ3) is 3.63. The largest absolute Gasteiger partial charge is 0.469 e. The highest BCUT2D eigenvalue weighted by molar-refractivity contribution is 6.30. The van der Waals surface area contributed by atoms with Crippen LogP contribution in [-0.2, 0) is 9.53 Å². The Morgan fingerprint density at radius 2 is 2.16 bits per heavy atom. The van der Waals surface area contributed by atoms with E-state index >= 15 is 0 Å². The number of anilines is 1. The molecule has 0 N–H and O–H groups in total. The van der Waals surface area contributed by atoms with Gasteiger partial charge in [-0.25, -0.2) is 0 Å².